The molecule has 100 valence electrons. The Bertz CT molecular complexity index is 294. The van der Waals surface area contributed by atoms with Crippen LogP contribution in [-0.2, 0) is 4.43 Å². The summed E-state index contributed by atoms with van der Waals surface area (Å²) in [5, 5.41) is 0.182. The van der Waals surface area contributed by atoms with Crippen LogP contribution in [0.25, 0.3) is 0 Å². The van der Waals surface area contributed by atoms with E-state index in [0.29, 0.717) is 19.4 Å². The summed E-state index contributed by atoms with van der Waals surface area (Å²) in [5.41, 5.74) is 0. The van der Waals surface area contributed by atoms with Crippen molar-refractivity contribution in [2.45, 2.75) is 56.6 Å². The maximum atomic E-state index is 12.3. The summed E-state index contributed by atoms with van der Waals surface area (Å²) < 4.78 is 30.5. The molecule has 0 fully saturated rings. The Morgan fingerprint density at radius 3 is 2.18 bits per heavy atom. The normalized spacial score (nSPS) is 13.2. The standard InChI is InChI=1S/C12H21BrF2OSi/c1-11(2,3)17(4,5)16-10-8-6-7-9-12(13,14)15/h6,8,10H2,1-5H3. The van der Waals surface area contributed by atoms with Crippen molar-refractivity contribution in [1.29, 1.82) is 0 Å². The Balaban J connectivity index is 3.90. The maximum Gasteiger partial charge on any atom is 0.363 e. The van der Waals surface area contributed by atoms with Gasteiger partial charge in [0, 0.05) is 29.0 Å². The molecule has 0 aromatic carbocycles. The fraction of sp³-hybridized carbons (Fsp3) is 0.833. The van der Waals surface area contributed by atoms with Crippen molar-refractivity contribution in [3.63, 3.8) is 0 Å². The highest BCUT2D eigenvalue weighted by atomic mass is 79.9. The predicted molar refractivity (Wildman–Crippen MR) is 74.0 cm³/mol. The Kier molecular flexibility index (Phi) is 6.33. The molecule has 0 unspecified atom stereocenters. The van der Waals surface area contributed by atoms with Crippen molar-refractivity contribution in [3.05, 3.63) is 0 Å². The van der Waals surface area contributed by atoms with Crippen LogP contribution in [0.5, 0.6) is 0 Å². The van der Waals surface area contributed by atoms with Gasteiger partial charge in [-0.2, -0.15) is 8.78 Å². The smallest absolute Gasteiger partial charge is 0.363 e. The highest BCUT2D eigenvalue weighted by Crippen LogP contribution is 2.36. The summed E-state index contributed by atoms with van der Waals surface area (Å²) in [5.74, 6) is 4.28. The van der Waals surface area contributed by atoms with E-state index in [1.54, 1.807) is 0 Å². The number of unbranched alkanes of at least 4 members (excludes halogenated alkanes) is 1. The second-order valence-corrected chi connectivity index (χ2v) is 11.3. The van der Waals surface area contributed by atoms with Gasteiger partial charge in [-0.25, -0.2) is 0 Å². The van der Waals surface area contributed by atoms with Crippen molar-refractivity contribution < 1.29 is 13.2 Å². The maximum absolute atomic E-state index is 12.3. The molecule has 0 aromatic rings. The first kappa shape index (κ1) is 17.1. The van der Waals surface area contributed by atoms with Crippen LogP contribution in [0, 0.1) is 11.8 Å². The molecule has 0 saturated carbocycles. The average Bonchev–Trinajstić information content (AvgIpc) is 2.07. The number of hydrogen-bond donors (Lipinski definition) is 0. The Morgan fingerprint density at radius 2 is 1.76 bits per heavy atom. The van der Waals surface area contributed by atoms with Gasteiger partial charge in [-0.15, -0.1) is 0 Å². The zero-order valence-electron chi connectivity index (χ0n) is 11.2. The zero-order valence-corrected chi connectivity index (χ0v) is 13.7. The molecule has 5 heteroatoms. The van der Waals surface area contributed by atoms with Crippen LogP contribution in [0.4, 0.5) is 8.78 Å². The third-order valence-corrected chi connectivity index (χ3v) is 7.68. The lowest BCUT2D eigenvalue weighted by molar-refractivity contribution is 0.182. The number of hydrogen-bond acceptors (Lipinski definition) is 1. The van der Waals surface area contributed by atoms with Crippen molar-refractivity contribution in [1.82, 2.24) is 0 Å². The number of rotatable bonds is 4. The summed E-state index contributed by atoms with van der Waals surface area (Å²) in [6.45, 7) is 11.5. The minimum Gasteiger partial charge on any atom is -0.417 e. The Morgan fingerprint density at radius 1 is 1.24 bits per heavy atom. The van der Waals surface area contributed by atoms with Crippen LogP contribution in [0.3, 0.4) is 0 Å². The third-order valence-electron chi connectivity index (χ3n) is 2.95. The van der Waals surface area contributed by atoms with E-state index in [9.17, 15) is 8.78 Å². The monoisotopic (exact) mass is 326 g/mol. The fourth-order valence-electron chi connectivity index (χ4n) is 0.867. The van der Waals surface area contributed by atoms with Crippen LogP contribution in [-0.4, -0.2) is 19.8 Å². The molecule has 1 nitrogen and oxygen atoms in total. The second-order valence-electron chi connectivity index (χ2n) is 5.51. The van der Waals surface area contributed by atoms with Gasteiger partial charge in [-0.1, -0.05) is 26.7 Å². The van der Waals surface area contributed by atoms with Gasteiger partial charge >= 0.3 is 4.83 Å². The van der Waals surface area contributed by atoms with Crippen molar-refractivity contribution in [2.24, 2.45) is 0 Å². The van der Waals surface area contributed by atoms with E-state index < -0.39 is 13.1 Å². The van der Waals surface area contributed by atoms with Crippen LogP contribution >= 0.6 is 15.9 Å². The lowest BCUT2D eigenvalue weighted by Gasteiger charge is -2.36. The van der Waals surface area contributed by atoms with Crippen LogP contribution in [0.1, 0.15) is 33.6 Å². The summed E-state index contributed by atoms with van der Waals surface area (Å²) in [6, 6.07) is 0. The summed E-state index contributed by atoms with van der Waals surface area (Å²) in [7, 11) is -1.71. The minimum absolute atomic E-state index is 0.182. The first-order chi connectivity index (χ1) is 7.46. The van der Waals surface area contributed by atoms with E-state index in [-0.39, 0.29) is 5.04 Å². The largest absolute Gasteiger partial charge is 0.417 e. The molecule has 0 spiro atoms. The van der Waals surface area contributed by atoms with Gasteiger partial charge in [0.1, 0.15) is 0 Å². The van der Waals surface area contributed by atoms with Crippen LogP contribution in [0.15, 0.2) is 0 Å². The molecule has 0 saturated heterocycles. The molecular formula is C12H21BrF2OSi. The lowest BCUT2D eigenvalue weighted by atomic mass is 10.2. The van der Waals surface area contributed by atoms with E-state index >= 15 is 0 Å². The molecule has 0 aliphatic heterocycles. The second kappa shape index (κ2) is 6.30. The van der Waals surface area contributed by atoms with Gasteiger partial charge in [-0.05, 0) is 30.5 Å². The van der Waals surface area contributed by atoms with E-state index in [1.807, 2.05) is 5.92 Å². The predicted octanol–water partition coefficient (Wildman–Crippen LogP) is 4.78. The Labute approximate surface area is 113 Å². The molecule has 0 N–H and O–H groups in total. The van der Waals surface area contributed by atoms with E-state index in [1.165, 1.54) is 0 Å². The molecular weight excluding hydrogens is 306 g/mol. The zero-order chi connectivity index (χ0) is 13.7. The highest BCUT2D eigenvalue weighted by molar-refractivity contribution is 9.10. The van der Waals surface area contributed by atoms with Gasteiger partial charge in [0.15, 0.2) is 8.32 Å². The van der Waals surface area contributed by atoms with Gasteiger partial charge in [0.25, 0.3) is 0 Å². The summed E-state index contributed by atoms with van der Waals surface area (Å²) >= 11 is 2.17. The molecule has 0 radical (unpaired) electrons. The molecule has 17 heavy (non-hydrogen) atoms. The van der Waals surface area contributed by atoms with Gasteiger partial charge in [-0.3, -0.25) is 0 Å². The molecule has 0 amide bonds. The minimum atomic E-state index is -3.06. The molecule has 0 bridgehead atoms. The van der Waals surface area contributed by atoms with Crippen molar-refractivity contribution in [2.75, 3.05) is 6.61 Å². The fourth-order valence-corrected chi connectivity index (χ4v) is 2.09. The molecule has 0 aromatic heterocycles. The lowest BCUT2D eigenvalue weighted by Crippen LogP contribution is -2.40. The molecule has 0 rings (SSSR count). The van der Waals surface area contributed by atoms with E-state index in [2.05, 4.69) is 55.7 Å². The molecule has 0 aliphatic carbocycles. The topological polar surface area (TPSA) is 9.23 Å². The average molecular weight is 327 g/mol. The van der Waals surface area contributed by atoms with Gasteiger partial charge in [0.05, 0.1) is 0 Å². The third kappa shape index (κ3) is 7.90. The summed E-state index contributed by atoms with van der Waals surface area (Å²) in [4.78, 5) is -3.06. The first-order valence-corrected chi connectivity index (χ1v) is 9.36. The van der Waals surface area contributed by atoms with Crippen LogP contribution < -0.4 is 0 Å². The SMILES string of the molecule is CC(C)(C)[Si](C)(C)OCCCC#CC(F)(F)Br. The van der Waals surface area contributed by atoms with Gasteiger partial charge in [0.2, 0.25) is 0 Å². The highest BCUT2D eigenvalue weighted by Gasteiger charge is 2.36. The first-order valence-electron chi connectivity index (χ1n) is 5.66. The van der Waals surface area contributed by atoms with E-state index in [4.69, 9.17) is 4.43 Å². The summed E-state index contributed by atoms with van der Waals surface area (Å²) in [6.07, 6.45) is 1.14. The van der Waals surface area contributed by atoms with Crippen molar-refractivity contribution >= 4 is 24.2 Å². The Hall–Kier alpha value is 0.0769. The van der Waals surface area contributed by atoms with Crippen LogP contribution in [0.2, 0.25) is 18.1 Å². The number of alkyl halides is 3. The molecule has 0 atom stereocenters. The quantitative estimate of drug-likeness (QED) is 0.312. The number of halogens is 3. The molecule has 0 aliphatic rings. The van der Waals surface area contributed by atoms with E-state index in [0.717, 1.165) is 0 Å². The van der Waals surface area contributed by atoms with Gasteiger partial charge < -0.3 is 4.43 Å². The van der Waals surface area contributed by atoms with Crippen molar-refractivity contribution in [3.8, 4) is 11.8 Å². The molecule has 0 heterocycles.